The summed E-state index contributed by atoms with van der Waals surface area (Å²) in [6.07, 6.45) is 0. The molecule has 0 bridgehead atoms. The van der Waals surface area contributed by atoms with Gasteiger partial charge < -0.3 is 10.1 Å². The van der Waals surface area contributed by atoms with Gasteiger partial charge in [-0.05, 0) is 49.7 Å². The van der Waals surface area contributed by atoms with E-state index in [0.29, 0.717) is 11.3 Å². The minimum absolute atomic E-state index is 0.0105. The Morgan fingerprint density at radius 2 is 1.88 bits per heavy atom. The van der Waals surface area contributed by atoms with Gasteiger partial charge in [-0.2, -0.15) is 4.72 Å². The van der Waals surface area contributed by atoms with Gasteiger partial charge in [0.25, 0.3) is 0 Å². The Morgan fingerprint density at radius 1 is 1.20 bits per heavy atom. The van der Waals surface area contributed by atoms with Crippen molar-refractivity contribution in [2.75, 3.05) is 12.4 Å². The molecule has 0 aliphatic heterocycles. The van der Waals surface area contributed by atoms with Gasteiger partial charge in [-0.3, -0.25) is 4.79 Å². The van der Waals surface area contributed by atoms with E-state index in [9.17, 15) is 17.6 Å². The van der Waals surface area contributed by atoms with Crippen molar-refractivity contribution in [2.45, 2.75) is 24.8 Å². The number of para-hydroxylation sites is 1. The molecule has 0 saturated heterocycles. The molecule has 1 amide bonds. The van der Waals surface area contributed by atoms with Crippen LogP contribution in [0.5, 0.6) is 5.75 Å². The molecule has 2 aromatic rings. The molecule has 2 rings (SSSR count). The van der Waals surface area contributed by atoms with Gasteiger partial charge in [-0.25, -0.2) is 12.8 Å². The molecule has 0 radical (unpaired) electrons. The number of hydrogen-bond donors (Lipinski definition) is 2. The molecule has 1 atom stereocenters. The summed E-state index contributed by atoms with van der Waals surface area (Å²) in [6.45, 7) is 3.09. The van der Waals surface area contributed by atoms with Crippen LogP contribution in [-0.4, -0.2) is 27.5 Å². The van der Waals surface area contributed by atoms with Crippen LogP contribution in [0.25, 0.3) is 0 Å². The molecule has 25 heavy (non-hydrogen) atoms. The number of carbonyl (C=O) groups is 1. The molecule has 0 aliphatic carbocycles. The van der Waals surface area contributed by atoms with Gasteiger partial charge in [0.1, 0.15) is 11.6 Å². The maximum Gasteiger partial charge on any atom is 0.242 e. The van der Waals surface area contributed by atoms with E-state index in [1.165, 1.54) is 50.4 Å². The lowest BCUT2D eigenvalue weighted by molar-refractivity contribution is -0.117. The number of methoxy groups -OCH3 is 1. The Hall–Kier alpha value is -2.45. The monoisotopic (exact) mass is 366 g/mol. The first-order chi connectivity index (χ1) is 11.7. The van der Waals surface area contributed by atoms with Gasteiger partial charge in [-0.15, -0.1) is 0 Å². The summed E-state index contributed by atoms with van der Waals surface area (Å²) in [5.74, 6) is -0.708. The highest BCUT2D eigenvalue weighted by atomic mass is 32.2. The van der Waals surface area contributed by atoms with Gasteiger partial charge in [0.15, 0.2) is 0 Å². The smallest absolute Gasteiger partial charge is 0.242 e. The van der Waals surface area contributed by atoms with E-state index in [1.807, 2.05) is 0 Å². The normalized spacial score (nSPS) is 12.5. The Balaban J connectivity index is 2.12. The molecule has 2 aromatic carbocycles. The standard InChI is InChI=1S/C17H19FN2O4S/c1-11-10-13(8-9-16(11)24-3)25(22,23)20-12(2)17(21)19-15-7-5-4-6-14(15)18/h4-10,12,20H,1-3H3,(H,19,21). The summed E-state index contributed by atoms with van der Waals surface area (Å²) in [5, 5.41) is 2.35. The average molecular weight is 366 g/mol. The number of carbonyl (C=O) groups excluding carboxylic acids is 1. The Morgan fingerprint density at radius 3 is 2.48 bits per heavy atom. The van der Waals surface area contributed by atoms with E-state index in [2.05, 4.69) is 10.0 Å². The number of rotatable bonds is 6. The SMILES string of the molecule is COc1ccc(S(=O)(=O)NC(C)C(=O)Nc2ccccc2F)cc1C. The van der Waals surface area contributed by atoms with Crippen LogP contribution >= 0.6 is 0 Å². The fourth-order valence-corrected chi connectivity index (χ4v) is 3.46. The van der Waals surface area contributed by atoms with Crippen LogP contribution < -0.4 is 14.8 Å². The Bertz CT molecular complexity index is 884. The Kier molecular flexibility index (Phi) is 5.76. The lowest BCUT2D eigenvalue weighted by atomic mass is 10.2. The molecule has 0 saturated carbocycles. The first kappa shape index (κ1) is 18.9. The minimum Gasteiger partial charge on any atom is -0.496 e. The quantitative estimate of drug-likeness (QED) is 0.822. The van der Waals surface area contributed by atoms with Gasteiger partial charge >= 0.3 is 0 Å². The predicted octanol–water partition coefficient (Wildman–Crippen LogP) is 2.45. The fraction of sp³-hybridized carbons (Fsp3) is 0.235. The molecule has 0 aromatic heterocycles. The number of halogens is 1. The number of anilines is 1. The molecule has 134 valence electrons. The molecule has 0 fully saturated rings. The van der Waals surface area contributed by atoms with Gasteiger partial charge in [0.05, 0.1) is 23.7 Å². The third kappa shape index (κ3) is 4.55. The molecule has 1 unspecified atom stereocenters. The van der Waals surface area contributed by atoms with Crippen LogP contribution in [-0.2, 0) is 14.8 Å². The van der Waals surface area contributed by atoms with E-state index < -0.39 is 27.8 Å². The van der Waals surface area contributed by atoms with Crippen LogP contribution in [0.2, 0.25) is 0 Å². The number of aryl methyl sites for hydroxylation is 1. The van der Waals surface area contributed by atoms with Crippen LogP contribution in [0.4, 0.5) is 10.1 Å². The van der Waals surface area contributed by atoms with Crippen molar-refractivity contribution >= 4 is 21.6 Å². The lowest BCUT2D eigenvalue weighted by Gasteiger charge is -2.15. The number of sulfonamides is 1. The van der Waals surface area contributed by atoms with Crippen molar-refractivity contribution in [2.24, 2.45) is 0 Å². The van der Waals surface area contributed by atoms with E-state index in [4.69, 9.17) is 4.74 Å². The largest absolute Gasteiger partial charge is 0.496 e. The first-order valence-corrected chi connectivity index (χ1v) is 8.95. The molecular weight excluding hydrogens is 347 g/mol. The number of hydrogen-bond acceptors (Lipinski definition) is 4. The molecule has 6 nitrogen and oxygen atoms in total. The first-order valence-electron chi connectivity index (χ1n) is 7.47. The molecule has 8 heteroatoms. The topological polar surface area (TPSA) is 84.5 Å². The third-order valence-corrected chi connectivity index (χ3v) is 5.07. The number of amides is 1. The van der Waals surface area contributed by atoms with Crippen molar-refractivity contribution in [3.63, 3.8) is 0 Å². The van der Waals surface area contributed by atoms with E-state index in [1.54, 1.807) is 13.0 Å². The number of ether oxygens (including phenoxy) is 1. The highest BCUT2D eigenvalue weighted by Gasteiger charge is 2.23. The second kappa shape index (κ2) is 7.62. The molecule has 0 spiro atoms. The van der Waals surface area contributed by atoms with Gasteiger partial charge in [-0.1, -0.05) is 12.1 Å². The number of nitrogens with one attached hydrogen (secondary N) is 2. The summed E-state index contributed by atoms with van der Waals surface area (Å²) in [5.41, 5.74) is 0.632. The van der Waals surface area contributed by atoms with E-state index >= 15 is 0 Å². The molecule has 2 N–H and O–H groups in total. The third-order valence-electron chi connectivity index (χ3n) is 3.53. The highest BCUT2D eigenvalue weighted by Crippen LogP contribution is 2.21. The summed E-state index contributed by atoms with van der Waals surface area (Å²) >= 11 is 0. The predicted molar refractivity (Wildman–Crippen MR) is 92.5 cm³/mol. The van der Waals surface area contributed by atoms with Crippen molar-refractivity contribution in [3.8, 4) is 5.75 Å². The van der Waals surface area contributed by atoms with E-state index in [0.717, 1.165) is 0 Å². The summed E-state index contributed by atoms with van der Waals surface area (Å²) < 4.78 is 45.8. The lowest BCUT2D eigenvalue weighted by Crippen LogP contribution is -2.41. The summed E-state index contributed by atoms with van der Waals surface area (Å²) in [6, 6.07) is 8.92. The zero-order valence-electron chi connectivity index (χ0n) is 14.0. The van der Waals surface area contributed by atoms with Gasteiger partial charge in [0.2, 0.25) is 15.9 Å². The minimum atomic E-state index is -3.91. The van der Waals surface area contributed by atoms with Crippen LogP contribution in [0, 0.1) is 12.7 Å². The van der Waals surface area contributed by atoms with E-state index in [-0.39, 0.29) is 10.6 Å². The van der Waals surface area contributed by atoms with Crippen LogP contribution in [0.15, 0.2) is 47.4 Å². The van der Waals surface area contributed by atoms with Crippen molar-refractivity contribution < 1.29 is 22.3 Å². The average Bonchev–Trinajstić information content (AvgIpc) is 2.56. The fourth-order valence-electron chi connectivity index (χ4n) is 2.18. The van der Waals surface area contributed by atoms with Gasteiger partial charge in [0, 0.05) is 0 Å². The second-order valence-electron chi connectivity index (χ2n) is 5.44. The Labute approximate surface area is 146 Å². The summed E-state index contributed by atoms with van der Waals surface area (Å²) in [4.78, 5) is 12.1. The molecule has 0 heterocycles. The molecular formula is C17H19FN2O4S. The molecule has 0 aliphatic rings. The maximum atomic E-state index is 13.6. The van der Waals surface area contributed by atoms with Crippen molar-refractivity contribution in [3.05, 3.63) is 53.8 Å². The van der Waals surface area contributed by atoms with Crippen molar-refractivity contribution in [1.29, 1.82) is 0 Å². The van der Waals surface area contributed by atoms with Crippen LogP contribution in [0.1, 0.15) is 12.5 Å². The highest BCUT2D eigenvalue weighted by molar-refractivity contribution is 7.89. The second-order valence-corrected chi connectivity index (χ2v) is 7.16. The van der Waals surface area contributed by atoms with Crippen LogP contribution in [0.3, 0.4) is 0 Å². The summed E-state index contributed by atoms with van der Waals surface area (Å²) in [7, 11) is -2.42. The zero-order valence-corrected chi connectivity index (χ0v) is 14.9. The van der Waals surface area contributed by atoms with Crippen molar-refractivity contribution in [1.82, 2.24) is 4.72 Å². The maximum absolute atomic E-state index is 13.6. The number of benzene rings is 2. The zero-order chi connectivity index (χ0) is 18.6.